The maximum Gasteiger partial charge on any atom is 0.240 e. The number of carbonyl (C=O) groups excluding carboxylic acids is 1. The summed E-state index contributed by atoms with van der Waals surface area (Å²) in [5, 5.41) is 10.0. The van der Waals surface area contributed by atoms with Crippen LogP contribution in [0.1, 0.15) is 49.7 Å². The summed E-state index contributed by atoms with van der Waals surface area (Å²) in [4.78, 5) is 12.6. The molecule has 25 heavy (non-hydrogen) atoms. The summed E-state index contributed by atoms with van der Waals surface area (Å²) in [5.41, 5.74) is 1.61. The normalized spacial score (nSPS) is 19.5. The van der Waals surface area contributed by atoms with Crippen LogP contribution in [0.2, 0.25) is 0 Å². The van der Waals surface area contributed by atoms with E-state index < -0.39 is 0 Å². The summed E-state index contributed by atoms with van der Waals surface area (Å²) in [6.45, 7) is 4.26. The number of H-pyrrole nitrogens is 1. The molecule has 1 amide bonds. The van der Waals surface area contributed by atoms with Crippen LogP contribution >= 0.6 is 12.2 Å². The quantitative estimate of drug-likeness (QED) is 0.801. The van der Waals surface area contributed by atoms with Gasteiger partial charge in [0.2, 0.25) is 5.91 Å². The third-order valence-electron chi connectivity index (χ3n) is 4.84. The van der Waals surface area contributed by atoms with Crippen LogP contribution in [0.15, 0.2) is 18.2 Å². The lowest BCUT2D eigenvalue weighted by Gasteiger charge is -2.32. The third-order valence-corrected chi connectivity index (χ3v) is 5.15. The van der Waals surface area contributed by atoms with E-state index in [1.165, 1.54) is 6.07 Å². The van der Waals surface area contributed by atoms with E-state index in [1.807, 2.05) is 6.07 Å². The topological polar surface area (TPSA) is 62.7 Å². The molecular formula is C18H23FN4OS. The average Bonchev–Trinajstić information content (AvgIpc) is 2.91. The summed E-state index contributed by atoms with van der Waals surface area (Å²) >= 11 is 5.23. The zero-order valence-electron chi connectivity index (χ0n) is 14.5. The van der Waals surface area contributed by atoms with Gasteiger partial charge in [-0.3, -0.25) is 14.5 Å². The number of fused-ring (bicyclic) bond motifs is 1. The lowest BCUT2D eigenvalue weighted by Crippen LogP contribution is -2.37. The molecule has 1 aliphatic rings. The molecule has 0 aliphatic heterocycles. The SMILES string of the molecule is CCCc1n[nH]c(=S)n1CC(=O)N[C@@H]1c2cccc(F)c2CC[C@@H]1C. The molecule has 0 saturated carbocycles. The van der Waals surface area contributed by atoms with E-state index in [9.17, 15) is 9.18 Å². The number of aromatic nitrogens is 3. The molecule has 2 N–H and O–H groups in total. The van der Waals surface area contributed by atoms with Crippen molar-refractivity contribution < 1.29 is 9.18 Å². The molecule has 5 nitrogen and oxygen atoms in total. The molecule has 1 heterocycles. The highest BCUT2D eigenvalue weighted by atomic mass is 32.1. The maximum atomic E-state index is 14.1. The molecule has 1 aromatic carbocycles. The van der Waals surface area contributed by atoms with E-state index in [-0.39, 0.29) is 30.2 Å². The number of rotatable bonds is 5. The Labute approximate surface area is 151 Å². The Hall–Kier alpha value is -2.02. The Morgan fingerprint density at radius 1 is 1.52 bits per heavy atom. The Morgan fingerprint density at radius 2 is 2.32 bits per heavy atom. The molecule has 0 bridgehead atoms. The molecule has 3 rings (SSSR count). The fraction of sp³-hybridized carbons (Fsp3) is 0.500. The number of amides is 1. The minimum Gasteiger partial charge on any atom is -0.347 e. The van der Waals surface area contributed by atoms with Crippen molar-refractivity contribution in [2.45, 2.75) is 52.1 Å². The molecule has 0 fully saturated rings. The molecule has 0 spiro atoms. The Balaban J connectivity index is 1.79. The van der Waals surface area contributed by atoms with E-state index in [4.69, 9.17) is 12.2 Å². The first-order chi connectivity index (χ1) is 12.0. The van der Waals surface area contributed by atoms with E-state index in [1.54, 1.807) is 10.6 Å². The van der Waals surface area contributed by atoms with Gasteiger partial charge in [0.1, 0.15) is 18.2 Å². The van der Waals surface area contributed by atoms with Crippen LogP contribution in [0.4, 0.5) is 4.39 Å². The van der Waals surface area contributed by atoms with Crippen LogP contribution in [0.25, 0.3) is 0 Å². The van der Waals surface area contributed by atoms with E-state index in [2.05, 4.69) is 29.4 Å². The zero-order valence-corrected chi connectivity index (χ0v) is 15.3. The number of aromatic amines is 1. The molecule has 1 aromatic heterocycles. The summed E-state index contributed by atoms with van der Waals surface area (Å²) in [5.74, 6) is 0.714. The average molecular weight is 362 g/mol. The van der Waals surface area contributed by atoms with Gasteiger partial charge < -0.3 is 5.32 Å². The molecule has 0 unspecified atom stereocenters. The van der Waals surface area contributed by atoms with Gasteiger partial charge in [0.05, 0.1) is 6.04 Å². The second kappa shape index (κ2) is 7.47. The summed E-state index contributed by atoms with van der Waals surface area (Å²) in [6, 6.07) is 4.92. The van der Waals surface area contributed by atoms with Crippen molar-refractivity contribution in [3.8, 4) is 0 Å². The van der Waals surface area contributed by atoms with E-state index in [0.29, 0.717) is 11.2 Å². The molecule has 7 heteroatoms. The lowest BCUT2D eigenvalue weighted by atomic mass is 9.80. The Kier molecular flexibility index (Phi) is 5.32. The second-order valence-corrected chi connectivity index (χ2v) is 7.04. The van der Waals surface area contributed by atoms with Crippen molar-refractivity contribution in [2.24, 2.45) is 5.92 Å². The smallest absolute Gasteiger partial charge is 0.240 e. The number of nitrogens with zero attached hydrogens (tertiary/aromatic N) is 2. The predicted octanol–water partition coefficient (Wildman–Crippen LogP) is 3.47. The number of benzene rings is 1. The first kappa shape index (κ1) is 17.8. The van der Waals surface area contributed by atoms with Crippen LogP contribution in [-0.4, -0.2) is 20.7 Å². The predicted molar refractivity (Wildman–Crippen MR) is 96.2 cm³/mol. The number of hydrogen-bond acceptors (Lipinski definition) is 3. The molecule has 1 aliphatic carbocycles. The van der Waals surface area contributed by atoms with Gasteiger partial charge in [-0.05, 0) is 54.6 Å². The van der Waals surface area contributed by atoms with Gasteiger partial charge in [0, 0.05) is 6.42 Å². The molecule has 0 radical (unpaired) electrons. The third kappa shape index (κ3) is 3.66. The van der Waals surface area contributed by atoms with Crippen LogP contribution < -0.4 is 5.32 Å². The number of carbonyl (C=O) groups is 1. The zero-order chi connectivity index (χ0) is 18.0. The van der Waals surface area contributed by atoms with Gasteiger partial charge in [-0.2, -0.15) is 5.10 Å². The summed E-state index contributed by atoms with van der Waals surface area (Å²) < 4.78 is 16.2. The Bertz CT molecular complexity index is 829. The fourth-order valence-electron chi connectivity index (χ4n) is 3.49. The highest BCUT2D eigenvalue weighted by molar-refractivity contribution is 7.71. The van der Waals surface area contributed by atoms with Crippen molar-refractivity contribution in [1.29, 1.82) is 0 Å². The van der Waals surface area contributed by atoms with Crippen LogP contribution in [0, 0.1) is 16.5 Å². The van der Waals surface area contributed by atoms with Crippen LogP contribution in [0.3, 0.4) is 0 Å². The highest BCUT2D eigenvalue weighted by Crippen LogP contribution is 2.35. The Morgan fingerprint density at radius 3 is 3.08 bits per heavy atom. The molecule has 134 valence electrons. The van der Waals surface area contributed by atoms with E-state index in [0.717, 1.165) is 36.2 Å². The van der Waals surface area contributed by atoms with Gasteiger partial charge >= 0.3 is 0 Å². The van der Waals surface area contributed by atoms with Crippen LogP contribution in [-0.2, 0) is 24.2 Å². The summed E-state index contributed by atoms with van der Waals surface area (Å²) in [7, 11) is 0. The largest absolute Gasteiger partial charge is 0.347 e. The first-order valence-electron chi connectivity index (χ1n) is 8.72. The van der Waals surface area contributed by atoms with Crippen molar-refractivity contribution >= 4 is 18.1 Å². The van der Waals surface area contributed by atoms with Gasteiger partial charge in [0.15, 0.2) is 4.77 Å². The number of nitrogens with one attached hydrogen (secondary N) is 2. The molecule has 2 atom stereocenters. The van der Waals surface area contributed by atoms with Crippen LogP contribution in [0.5, 0.6) is 0 Å². The van der Waals surface area contributed by atoms with E-state index >= 15 is 0 Å². The van der Waals surface area contributed by atoms with Crippen molar-refractivity contribution in [3.05, 3.63) is 45.7 Å². The van der Waals surface area contributed by atoms with Gasteiger partial charge in [-0.15, -0.1) is 0 Å². The highest BCUT2D eigenvalue weighted by Gasteiger charge is 2.29. The molecular weight excluding hydrogens is 339 g/mol. The standard InChI is InChI=1S/C18H23FN4OS/c1-3-5-15-21-22-18(25)23(15)10-16(24)20-17-11(2)8-9-12-13(17)6-4-7-14(12)19/h4,6-7,11,17H,3,5,8-10H2,1-2H3,(H,20,24)(H,22,25)/t11-,17-/m0/s1. The fourth-order valence-corrected chi connectivity index (χ4v) is 3.70. The second-order valence-electron chi connectivity index (χ2n) is 6.65. The molecule has 2 aromatic rings. The van der Waals surface area contributed by atoms with Gasteiger partial charge in [0.25, 0.3) is 0 Å². The minimum atomic E-state index is -0.189. The van der Waals surface area contributed by atoms with Crippen molar-refractivity contribution in [1.82, 2.24) is 20.1 Å². The molecule has 0 saturated heterocycles. The number of hydrogen-bond donors (Lipinski definition) is 2. The minimum absolute atomic E-state index is 0.124. The monoisotopic (exact) mass is 362 g/mol. The first-order valence-corrected chi connectivity index (χ1v) is 9.12. The van der Waals surface area contributed by atoms with Crippen molar-refractivity contribution in [2.75, 3.05) is 0 Å². The number of aryl methyl sites for hydroxylation is 1. The maximum absolute atomic E-state index is 14.1. The summed E-state index contributed by atoms with van der Waals surface area (Å²) in [6.07, 6.45) is 3.25. The van der Waals surface area contributed by atoms with Gasteiger partial charge in [-0.1, -0.05) is 26.0 Å². The number of halogens is 1. The lowest BCUT2D eigenvalue weighted by molar-refractivity contribution is -0.122. The van der Waals surface area contributed by atoms with Gasteiger partial charge in [-0.25, -0.2) is 4.39 Å². The van der Waals surface area contributed by atoms with Crippen molar-refractivity contribution in [3.63, 3.8) is 0 Å².